The Bertz CT molecular complexity index is 1010. The van der Waals surface area contributed by atoms with Gasteiger partial charge in [0.05, 0.1) is 18.7 Å². The summed E-state index contributed by atoms with van der Waals surface area (Å²) in [6.07, 6.45) is 5.34. The zero-order valence-electron chi connectivity index (χ0n) is 21.2. The Labute approximate surface area is 209 Å². The molecule has 2 aromatic carbocycles. The molecule has 1 fully saturated rings. The molecule has 35 heavy (non-hydrogen) atoms. The first-order valence-corrected chi connectivity index (χ1v) is 12.7. The van der Waals surface area contributed by atoms with Gasteiger partial charge in [-0.3, -0.25) is 9.59 Å². The van der Waals surface area contributed by atoms with Crippen molar-refractivity contribution in [2.45, 2.75) is 52.0 Å². The maximum atomic E-state index is 13.2. The maximum absolute atomic E-state index is 13.2. The van der Waals surface area contributed by atoms with E-state index < -0.39 is 17.7 Å². The second-order valence-corrected chi connectivity index (χ2v) is 9.04. The van der Waals surface area contributed by atoms with Gasteiger partial charge in [0.15, 0.2) is 0 Å². The van der Waals surface area contributed by atoms with Crippen molar-refractivity contribution in [2.24, 2.45) is 0 Å². The van der Waals surface area contributed by atoms with E-state index in [-0.39, 0.29) is 11.3 Å². The van der Waals surface area contributed by atoms with E-state index in [1.807, 2.05) is 30.3 Å². The Balaban J connectivity index is 1.91. The molecule has 0 saturated carbocycles. The van der Waals surface area contributed by atoms with Crippen LogP contribution in [0.5, 0.6) is 5.75 Å². The van der Waals surface area contributed by atoms with E-state index in [2.05, 4.69) is 18.7 Å². The molecule has 0 radical (unpaired) electrons. The van der Waals surface area contributed by atoms with Gasteiger partial charge in [0.1, 0.15) is 11.5 Å². The van der Waals surface area contributed by atoms with Crippen molar-refractivity contribution < 1.29 is 19.4 Å². The fourth-order valence-electron chi connectivity index (χ4n) is 4.58. The summed E-state index contributed by atoms with van der Waals surface area (Å²) in [5.74, 6) is -0.721. The predicted octanol–water partition coefficient (Wildman–Crippen LogP) is 5.41. The highest BCUT2D eigenvalue weighted by Crippen LogP contribution is 2.40. The van der Waals surface area contributed by atoms with E-state index in [0.717, 1.165) is 57.3 Å². The highest BCUT2D eigenvalue weighted by atomic mass is 16.5. The lowest BCUT2D eigenvalue weighted by Gasteiger charge is -2.27. The van der Waals surface area contributed by atoms with E-state index >= 15 is 0 Å². The number of benzene rings is 2. The molecule has 1 N–H and O–H groups in total. The molecule has 1 atom stereocenters. The lowest BCUT2D eigenvalue weighted by atomic mass is 9.95. The molecular weight excluding hydrogens is 440 g/mol. The van der Waals surface area contributed by atoms with Gasteiger partial charge in [0, 0.05) is 12.1 Å². The summed E-state index contributed by atoms with van der Waals surface area (Å²) in [5, 5.41) is 11.1. The number of hydrogen-bond donors (Lipinski definition) is 1. The number of methoxy groups -OCH3 is 1. The number of likely N-dealkylation sites (tertiary alicyclic amines) is 1. The second-order valence-electron chi connectivity index (χ2n) is 9.04. The lowest BCUT2D eigenvalue weighted by molar-refractivity contribution is -0.140. The Hall–Kier alpha value is -3.12. The van der Waals surface area contributed by atoms with Gasteiger partial charge in [-0.25, -0.2) is 0 Å². The van der Waals surface area contributed by atoms with Crippen LogP contribution in [0.4, 0.5) is 0 Å². The monoisotopic (exact) mass is 478 g/mol. The van der Waals surface area contributed by atoms with E-state index in [1.165, 1.54) is 0 Å². The fraction of sp³-hybridized carbons (Fsp3) is 0.448. The average molecular weight is 479 g/mol. The lowest BCUT2D eigenvalue weighted by Crippen LogP contribution is -2.34. The summed E-state index contributed by atoms with van der Waals surface area (Å²) in [6.45, 7) is 7.78. The molecule has 0 spiro atoms. The van der Waals surface area contributed by atoms with Gasteiger partial charge < -0.3 is 19.6 Å². The number of rotatable bonds is 13. The third-order valence-electron chi connectivity index (χ3n) is 6.53. The molecule has 1 aliphatic heterocycles. The van der Waals surface area contributed by atoms with Crippen LogP contribution in [0.25, 0.3) is 5.76 Å². The number of ether oxygens (including phenoxy) is 1. The van der Waals surface area contributed by atoms with Crippen molar-refractivity contribution in [3.8, 4) is 5.75 Å². The van der Waals surface area contributed by atoms with Crippen LogP contribution in [-0.2, 0) is 9.59 Å². The summed E-state index contributed by atoms with van der Waals surface area (Å²) in [4.78, 5) is 30.5. The van der Waals surface area contributed by atoms with Gasteiger partial charge in [-0.05, 0) is 56.6 Å². The van der Waals surface area contributed by atoms with Gasteiger partial charge in [-0.1, -0.05) is 69.2 Å². The zero-order valence-corrected chi connectivity index (χ0v) is 21.2. The highest BCUT2D eigenvalue weighted by molar-refractivity contribution is 6.46. The van der Waals surface area contributed by atoms with E-state index in [4.69, 9.17) is 4.74 Å². The Morgan fingerprint density at radius 1 is 0.943 bits per heavy atom. The topological polar surface area (TPSA) is 70.1 Å². The van der Waals surface area contributed by atoms with Crippen LogP contribution in [0.1, 0.15) is 63.1 Å². The Morgan fingerprint density at radius 3 is 2.23 bits per heavy atom. The highest BCUT2D eigenvalue weighted by Gasteiger charge is 2.45. The third-order valence-corrected chi connectivity index (χ3v) is 6.53. The van der Waals surface area contributed by atoms with Crippen LogP contribution in [0.3, 0.4) is 0 Å². The van der Waals surface area contributed by atoms with Crippen LogP contribution in [0.15, 0.2) is 60.2 Å². The predicted molar refractivity (Wildman–Crippen MR) is 139 cm³/mol. The van der Waals surface area contributed by atoms with Crippen LogP contribution in [0, 0.1) is 0 Å². The number of aliphatic hydroxyl groups excluding tert-OH is 1. The standard InChI is InChI=1S/C29H38N2O4/c1-4-6-17-30(18-7-5-2)19-12-20-31-26(23-15-11-16-24(21-23)35-3)25(28(33)29(31)34)27(32)22-13-9-8-10-14-22/h8-11,13-16,21,26,32H,4-7,12,17-20H2,1-3H3/t26-/m0/s1. The SMILES string of the molecule is CCCCN(CCCC)CCCN1C(=O)C(=O)C(=C(O)c2ccccc2)[C@@H]1c1cccc(OC)c1. The number of nitrogens with zero attached hydrogens (tertiary/aromatic N) is 2. The normalized spacial score (nSPS) is 17.4. The van der Waals surface area contributed by atoms with E-state index in [9.17, 15) is 14.7 Å². The molecule has 0 bridgehead atoms. The second kappa shape index (κ2) is 13.1. The minimum Gasteiger partial charge on any atom is -0.507 e. The Morgan fingerprint density at radius 2 is 1.60 bits per heavy atom. The van der Waals surface area contributed by atoms with Gasteiger partial charge >= 0.3 is 0 Å². The molecule has 0 aromatic heterocycles. The quantitative estimate of drug-likeness (QED) is 0.237. The molecule has 188 valence electrons. The van der Waals surface area contributed by atoms with Gasteiger partial charge in [0.25, 0.3) is 11.7 Å². The molecule has 2 aromatic rings. The minimum atomic E-state index is -0.662. The first-order chi connectivity index (χ1) is 17.0. The molecule has 0 unspecified atom stereocenters. The molecule has 6 nitrogen and oxygen atoms in total. The average Bonchev–Trinajstić information content (AvgIpc) is 3.15. The number of amides is 1. The molecule has 1 amide bonds. The molecule has 0 aliphatic carbocycles. The Kier molecular flexibility index (Phi) is 9.91. The number of carbonyl (C=O) groups excluding carboxylic acids is 2. The van der Waals surface area contributed by atoms with Crippen molar-refractivity contribution in [1.29, 1.82) is 0 Å². The van der Waals surface area contributed by atoms with Crippen molar-refractivity contribution in [3.05, 3.63) is 71.3 Å². The number of unbranched alkanes of at least 4 members (excludes halogenated alkanes) is 2. The number of carbonyl (C=O) groups is 2. The van der Waals surface area contributed by atoms with Crippen molar-refractivity contribution >= 4 is 17.4 Å². The van der Waals surface area contributed by atoms with Crippen molar-refractivity contribution in [2.75, 3.05) is 33.3 Å². The molecule has 3 rings (SSSR count). The number of hydrogen-bond acceptors (Lipinski definition) is 5. The largest absolute Gasteiger partial charge is 0.507 e. The summed E-state index contributed by atoms with van der Waals surface area (Å²) in [5.41, 5.74) is 1.39. The van der Waals surface area contributed by atoms with Crippen LogP contribution in [0.2, 0.25) is 0 Å². The number of ketones is 1. The molecule has 1 aliphatic rings. The molecule has 1 saturated heterocycles. The number of aliphatic hydroxyl groups is 1. The molecular formula is C29H38N2O4. The summed E-state index contributed by atoms with van der Waals surface area (Å²) >= 11 is 0. The van der Waals surface area contributed by atoms with Crippen LogP contribution in [-0.4, -0.2) is 59.9 Å². The fourth-order valence-corrected chi connectivity index (χ4v) is 4.58. The maximum Gasteiger partial charge on any atom is 0.295 e. The van der Waals surface area contributed by atoms with Gasteiger partial charge in [-0.15, -0.1) is 0 Å². The molecule has 1 heterocycles. The first-order valence-electron chi connectivity index (χ1n) is 12.7. The van der Waals surface area contributed by atoms with Gasteiger partial charge in [0.2, 0.25) is 0 Å². The van der Waals surface area contributed by atoms with Gasteiger partial charge in [-0.2, -0.15) is 0 Å². The van der Waals surface area contributed by atoms with Crippen LogP contribution < -0.4 is 4.74 Å². The smallest absolute Gasteiger partial charge is 0.295 e. The minimum absolute atomic E-state index is 0.128. The van der Waals surface area contributed by atoms with E-state index in [1.54, 1.807) is 36.3 Å². The van der Waals surface area contributed by atoms with E-state index in [0.29, 0.717) is 17.9 Å². The summed E-state index contributed by atoms with van der Waals surface area (Å²) in [6, 6.07) is 15.6. The third kappa shape index (κ3) is 6.51. The van der Waals surface area contributed by atoms with Crippen molar-refractivity contribution in [1.82, 2.24) is 9.80 Å². The summed E-state index contributed by atoms with van der Waals surface area (Å²) in [7, 11) is 1.58. The molecule has 6 heteroatoms. The van der Waals surface area contributed by atoms with Crippen molar-refractivity contribution in [3.63, 3.8) is 0 Å². The van der Waals surface area contributed by atoms with Crippen LogP contribution >= 0.6 is 0 Å². The summed E-state index contributed by atoms with van der Waals surface area (Å²) < 4.78 is 5.40. The zero-order chi connectivity index (χ0) is 25.2. The first kappa shape index (κ1) is 26.5. The number of Topliss-reactive ketones (excluding diaryl/α,β-unsaturated/α-hetero) is 1.